The lowest BCUT2D eigenvalue weighted by Gasteiger charge is -2.43. The molecule has 1 aromatic carbocycles. The minimum absolute atomic E-state index is 0.0168. The molecule has 0 aliphatic carbocycles. The third-order valence-corrected chi connectivity index (χ3v) is 4.21. The van der Waals surface area contributed by atoms with Crippen molar-refractivity contribution in [1.29, 1.82) is 0 Å². The second-order valence-electron chi connectivity index (χ2n) is 5.34. The smallest absolute Gasteiger partial charge is 0.142 e. The summed E-state index contributed by atoms with van der Waals surface area (Å²) in [5.41, 5.74) is 1.93. The molecule has 0 saturated carbocycles. The van der Waals surface area contributed by atoms with Crippen LogP contribution in [0.5, 0.6) is 0 Å². The molecule has 0 bridgehead atoms. The Kier molecular flexibility index (Phi) is 2.99. The van der Waals surface area contributed by atoms with Crippen molar-refractivity contribution < 1.29 is 9.50 Å². The molecule has 1 aromatic rings. The van der Waals surface area contributed by atoms with Crippen LogP contribution in [-0.2, 0) is 0 Å². The van der Waals surface area contributed by atoms with E-state index in [9.17, 15) is 9.50 Å². The van der Waals surface area contributed by atoms with Crippen molar-refractivity contribution in [2.24, 2.45) is 0 Å². The molecule has 0 aromatic heterocycles. The van der Waals surface area contributed by atoms with E-state index >= 15 is 0 Å². The minimum atomic E-state index is -0.494. The first kappa shape index (κ1) is 12.8. The summed E-state index contributed by atoms with van der Waals surface area (Å²) in [6, 6.07) is 1.76. The second kappa shape index (κ2) is 3.95. The Labute approximate surface area is 109 Å². The molecule has 1 aliphatic rings. The van der Waals surface area contributed by atoms with Crippen LogP contribution in [0.2, 0.25) is 0 Å². The fourth-order valence-corrected chi connectivity index (χ4v) is 3.04. The maximum atomic E-state index is 13.8. The largest absolute Gasteiger partial charge is 0.390 e. The molecular formula is C13H17BrFNO. The number of fused-ring (bicyclic) bond motifs is 1. The quantitative estimate of drug-likeness (QED) is 0.768. The van der Waals surface area contributed by atoms with Gasteiger partial charge in [-0.1, -0.05) is 6.92 Å². The molecule has 0 radical (unpaired) electrons. The van der Waals surface area contributed by atoms with Gasteiger partial charge in [-0.15, -0.1) is 0 Å². The molecule has 1 aliphatic heterocycles. The van der Waals surface area contributed by atoms with Crippen molar-refractivity contribution >= 4 is 21.6 Å². The second-order valence-corrected chi connectivity index (χ2v) is 6.20. The van der Waals surface area contributed by atoms with Crippen molar-refractivity contribution in [3.8, 4) is 0 Å². The highest BCUT2D eigenvalue weighted by atomic mass is 79.9. The molecule has 0 unspecified atom stereocenters. The number of anilines is 1. The summed E-state index contributed by atoms with van der Waals surface area (Å²) in [5, 5.41) is 13.5. The van der Waals surface area contributed by atoms with E-state index in [1.165, 1.54) is 0 Å². The van der Waals surface area contributed by atoms with Crippen LogP contribution >= 0.6 is 15.9 Å². The zero-order valence-corrected chi connectivity index (χ0v) is 12.0. The maximum Gasteiger partial charge on any atom is 0.142 e. The first-order valence-electron chi connectivity index (χ1n) is 5.70. The highest BCUT2D eigenvalue weighted by Crippen LogP contribution is 2.43. The lowest BCUT2D eigenvalue weighted by Crippen LogP contribution is -2.50. The molecule has 2 atom stereocenters. The van der Waals surface area contributed by atoms with Crippen LogP contribution in [0.3, 0.4) is 0 Å². The number of rotatable bonds is 0. The van der Waals surface area contributed by atoms with E-state index in [4.69, 9.17) is 0 Å². The summed E-state index contributed by atoms with van der Waals surface area (Å²) in [4.78, 5) is 0. The van der Waals surface area contributed by atoms with Gasteiger partial charge in [0.2, 0.25) is 0 Å². The fraction of sp³-hybridized carbons (Fsp3) is 0.538. The fourth-order valence-electron chi connectivity index (χ4n) is 2.49. The maximum absolute atomic E-state index is 13.8. The summed E-state index contributed by atoms with van der Waals surface area (Å²) in [5.74, 6) is -0.257. The number of aliphatic hydroxyl groups is 1. The van der Waals surface area contributed by atoms with E-state index in [0.717, 1.165) is 11.3 Å². The summed E-state index contributed by atoms with van der Waals surface area (Å²) in [7, 11) is 0. The molecular weight excluding hydrogens is 285 g/mol. The van der Waals surface area contributed by atoms with Crippen LogP contribution in [0.25, 0.3) is 0 Å². The number of aliphatic hydroxyl groups excluding tert-OH is 1. The highest BCUT2D eigenvalue weighted by Gasteiger charge is 2.39. The van der Waals surface area contributed by atoms with Gasteiger partial charge in [0, 0.05) is 17.2 Å². The molecule has 94 valence electrons. The highest BCUT2D eigenvalue weighted by molar-refractivity contribution is 9.10. The summed E-state index contributed by atoms with van der Waals surface area (Å²) in [6.45, 7) is 7.58. The van der Waals surface area contributed by atoms with Gasteiger partial charge in [-0.3, -0.25) is 0 Å². The third kappa shape index (κ3) is 1.87. The number of hydrogen-bond donors (Lipinski definition) is 2. The van der Waals surface area contributed by atoms with Gasteiger partial charge in [-0.25, -0.2) is 4.39 Å². The standard InChI is InChI=1S/C13H17BrFNO/c1-6-8-5-9(14)10(15)7(2)11(8)16-13(3,4)12(6)17/h5-6,12,16-17H,1-4H3/t6-,12+/m1/s1. The molecule has 2 rings (SSSR count). The first-order valence-corrected chi connectivity index (χ1v) is 6.49. The van der Waals surface area contributed by atoms with E-state index in [0.29, 0.717) is 10.0 Å². The van der Waals surface area contributed by atoms with Gasteiger partial charge in [-0.05, 0) is 48.3 Å². The van der Waals surface area contributed by atoms with Gasteiger partial charge in [0.1, 0.15) is 5.82 Å². The van der Waals surface area contributed by atoms with Crippen molar-refractivity contribution in [3.05, 3.63) is 27.5 Å². The molecule has 1 heterocycles. The summed E-state index contributed by atoms with van der Waals surface area (Å²) < 4.78 is 14.3. The van der Waals surface area contributed by atoms with E-state index in [1.807, 2.05) is 20.8 Å². The zero-order valence-electron chi connectivity index (χ0n) is 10.4. The molecule has 17 heavy (non-hydrogen) atoms. The lowest BCUT2D eigenvalue weighted by molar-refractivity contribution is 0.0867. The van der Waals surface area contributed by atoms with Crippen LogP contribution in [0.4, 0.5) is 10.1 Å². The monoisotopic (exact) mass is 301 g/mol. The number of halogens is 2. The summed E-state index contributed by atoms with van der Waals surface area (Å²) in [6.07, 6.45) is -0.494. The van der Waals surface area contributed by atoms with Crippen LogP contribution in [0.1, 0.15) is 37.8 Å². The van der Waals surface area contributed by atoms with Crippen molar-refractivity contribution in [2.75, 3.05) is 5.32 Å². The molecule has 0 saturated heterocycles. The van der Waals surface area contributed by atoms with Crippen LogP contribution in [0, 0.1) is 12.7 Å². The van der Waals surface area contributed by atoms with Gasteiger partial charge >= 0.3 is 0 Å². The Morgan fingerprint density at radius 2 is 2.06 bits per heavy atom. The van der Waals surface area contributed by atoms with E-state index in [2.05, 4.69) is 21.2 Å². The van der Waals surface area contributed by atoms with E-state index in [-0.39, 0.29) is 11.7 Å². The first-order chi connectivity index (χ1) is 7.75. The molecule has 0 fully saturated rings. The number of hydrogen-bond acceptors (Lipinski definition) is 2. The molecule has 2 nitrogen and oxygen atoms in total. The molecule has 2 N–H and O–H groups in total. The Morgan fingerprint density at radius 3 is 2.65 bits per heavy atom. The van der Waals surface area contributed by atoms with E-state index < -0.39 is 11.6 Å². The van der Waals surface area contributed by atoms with Crippen LogP contribution in [-0.4, -0.2) is 16.7 Å². The predicted molar refractivity (Wildman–Crippen MR) is 71.0 cm³/mol. The number of nitrogens with one attached hydrogen (secondary N) is 1. The van der Waals surface area contributed by atoms with Crippen LogP contribution < -0.4 is 5.32 Å². The Morgan fingerprint density at radius 1 is 1.47 bits per heavy atom. The molecule has 0 spiro atoms. The molecule has 0 amide bonds. The van der Waals surface area contributed by atoms with Gasteiger partial charge in [0.15, 0.2) is 0 Å². The minimum Gasteiger partial charge on any atom is -0.390 e. The third-order valence-electron chi connectivity index (χ3n) is 3.64. The van der Waals surface area contributed by atoms with Crippen LogP contribution in [0.15, 0.2) is 10.5 Å². The SMILES string of the molecule is Cc1c(F)c(Br)cc2c1NC(C)(C)[C@@H](O)[C@@H]2C. The average Bonchev–Trinajstić information content (AvgIpc) is 2.26. The van der Waals surface area contributed by atoms with Gasteiger partial charge in [0.05, 0.1) is 16.1 Å². The Hall–Kier alpha value is -0.610. The summed E-state index contributed by atoms with van der Waals surface area (Å²) >= 11 is 3.22. The number of benzene rings is 1. The Bertz CT molecular complexity index is 473. The van der Waals surface area contributed by atoms with Crippen molar-refractivity contribution in [2.45, 2.75) is 45.3 Å². The van der Waals surface area contributed by atoms with Crippen molar-refractivity contribution in [1.82, 2.24) is 0 Å². The lowest BCUT2D eigenvalue weighted by atomic mass is 9.78. The average molecular weight is 302 g/mol. The van der Waals surface area contributed by atoms with E-state index in [1.54, 1.807) is 13.0 Å². The normalized spacial score (nSPS) is 26.3. The Balaban J connectivity index is 2.65. The zero-order chi connectivity index (χ0) is 13.0. The van der Waals surface area contributed by atoms with Crippen molar-refractivity contribution in [3.63, 3.8) is 0 Å². The molecule has 4 heteroatoms. The van der Waals surface area contributed by atoms with Gasteiger partial charge in [0.25, 0.3) is 0 Å². The van der Waals surface area contributed by atoms with Gasteiger partial charge in [-0.2, -0.15) is 0 Å². The topological polar surface area (TPSA) is 32.3 Å². The predicted octanol–water partition coefficient (Wildman–Crippen LogP) is 3.57. The van der Waals surface area contributed by atoms with Gasteiger partial charge < -0.3 is 10.4 Å².